The van der Waals surface area contributed by atoms with E-state index < -0.39 is 5.60 Å². The Bertz CT molecular complexity index is 485. The van der Waals surface area contributed by atoms with Crippen molar-refractivity contribution in [2.45, 2.75) is 51.0 Å². The van der Waals surface area contributed by atoms with E-state index in [0.29, 0.717) is 17.9 Å². The Kier molecular flexibility index (Phi) is 4.89. The van der Waals surface area contributed by atoms with Crippen molar-refractivity contribution in [1.82, 2.24) is 5.43 Å². The van der Waals surface area contributed by atoms with Crippen LogP contribution in [0.2, 0.25) is 5.02 Å². The molecule has 5 heteroatoms. The normalized spacial score (nSPS) is 17.6. The summed E-state index contributed by atoms with van der Waals surface area (Å²) in [6.45, 7) is 1.92. The van der Waals surface area contributed by atoms with E-state index >= 15 is 0 Å². The highest BCUT2D eigenvalue weighted by Gasteiger charge is 2.31. The number of carbonyl (C=O) groups excluding carboxylic acids is 1. The number of nitrogens with one attached hydrogen (secondary N) is 2. The molecule has 0 saturated heterocycles. The molecule has 0 bridgehead atoms. The highest BCUT2D eigenvalue weighted by Crippen LogP contribution is 2.30. The molecule has 3 N–H and O–H groups in total. The van der Waals surface area contributed by atoms with Crippen molar-refractivity contribution >= 4 is 23.2 Å². The summed E-state index contributed by atoms with van der Waals surface area (Å²) in [6.07, 6.45) is 4.67. The fourth-order valence-corrected chi connectivity index (χ4v) is 2.72. The number of rotatable bonds is 4. The van der Waals surface area contributed by atoms with Gasteiger partial charge in [-0.1, -0.05) is 36.9 Å². The van der Waals surface area contributed by atoms with E-state index in [0.717, 1.165) is 30.5 Å². The molecule has 1 amide bonds. The summed E-state index contributed by atoms with van der Waals surface area (Å²) in [7, 11) is 0. The van der Waals surface area contributed by atoms with Crippen molar-refractivity contribution in [2.75, 3.05) is 5.43 Å². The van der Waals surface area contributed by atoms with Gasteiger partial charge in [-0.2, -0.15) is 0 Å². The van der Waals surface area contributed by atoms with Crippen LogP contribution in [0.15, 0.2) is 18.2 Å². The minimum atomic E-state index is -0.838. The van der Waals surface area contributed by atoms with Crippen molar-refractivity contribution in [3.05, 3.63) is 28.8 Å². The van der Waals surface area contributed by atoms with Gasteiger partial charge < -0.3 is 5.11 Å². The van der Waals surface area contributed by atoms with Crippen LogP contribution in [0, 0.1) is 6.92 Å². The first-order valence-corrected chi connectivity index (χ1v) is 7.40. The molecule has 1 aliphatic carbocycles. The average molecular weight is 297 g/mol. The third-order valence-corrected chi connectivity index (χ3v) is 4.20. The number of hydrogen-bond donors (Lipinski definition) is 3. The highest BCUT2D eigenvalue weighted by molar-refractivity contribution is 6.31. The standard InChI is InChI=1S/C15H21ClN2O2/c1-11-5-6-12(9-13(11)16)17-18-14(19)10-15(20)7-3-2-4-8-15/h5-6,9,17,20H,2-4,7-8,10H2,1H3,(H,18,19). The Hall–Kier alpha value is -1.26. The van der Waals surface area contributed by atoms with E-state index in [4.69, 9.17) is 11.6 Å². The monoisotopic (exact) mass is 296 g/mol. The number of benzene rings is 1. The summed E-state index contributed by atoms with van der Waals surface area (Å²) >= 11 is 6.01. The lowest BCUT2D eigenvalue weighted by Crippen LogP contribution is -2.40. The number of amides is 1. The molecule has 1 saturated carbocycles. The molecule has 0 aliphatic heterocycles. The first kappa shape index (κ1) is 15.1. The third kappa shape index (κ3) is 4.12. The van der Waals surface area contributed by atoms with Crippen LogP contribution in [0.4, 0.5) is 5.69 Å². The maximum atomic E-state index is 11.9. The Morgan fingerprint density at radius 3 is 2.70 bits per heavy atom. The molecule has 0 radical (unpaired) electrons. The molecule has 110 valence electrons. The maximum Gasteiger partial charge on any atom is 0.241 e. The summed E-state index contributed by atoms with van der Waals surface area (Å²) in [5.41, 5.74) is 6.31. The van der Waals surface area contributed by atoms with Crippen LogP contribution in [0.3, 0.4) is 0 Å². The van der Waals surface area contributed by atoms with Crippen molar-refractivity contribution in [2.24, 2.45) is 0 Å². The highest BCUT2D eigenvalue weighted by atomic mass is 35.5. The minimum absolute atomic E-state index is 0.138. The van der Waals surface area contributed by atoms with Crippen molar-refractivity contribution in [3.63, 3.8) is 0 Å². The van der Waals surface area contributed by atoms with Gasteiger partial charge >= 0.3 is 0 Å². The Morgan fingerprint density at radius 2 is 2.05 bits per heavy atom. The van der Waals surface area contributed by atoms with Gasteiger partial charge in [0, 0.05) is 5.02 Å². The zero-order valence-electron chi connectivity index (χ0n) is 11.7. The minimum Gasteiger partial charge on any atom is -0.389 e. The van der Waals surface area contributed by atoms with Crippen LogP contribution in [-0.2, 0) is 4.79 Å². The quantitative estimate of drug-likeness (QED) is 0.748. The molecular formula is C15H21ClN2O2. The topological polar surface area (TPSA) is 61.4 Å². The Morgan fingerprint density at radius 1 is 1.35 bits per heavy atom. The lowest BCUT2D eigenvalue weighted by molar-refractivity contribution is -0.126. The van der Waals surface area contributed by atoms with Crippen LogP contribution in [0.5, 0.6) is 0 Å². The van der Waals surface area contributed by atoms with E-state index in [1.165, 1.54) is 0 Å². The Balaban J connectivity index is 1.84. The summed E-state index contributed by atoms with van der Waals surface area (Å²) in [5, 5.41) is 11.0. The molecule has 0 spiro atoms. The smallest absolute Gasteiger partial charge is 0.241 e. The van der Waals surface area contributed by atoms with Crippen molar-refractivity contribution in [1.29, 1.82) is 0 Å². The van der Waals surface area contributed by atoms with Crippen LogP contribution in [0.1, 0.15) is 44.1 Å². The van der Waals surface area contributed by atoms with Gasteiger partial charge in [0.1, 0.15) is 0 Å². The van der Waals surface area contributed by atoms with Crippen LogP contribution >= 0.6 is 11.6 Å². The molecule has 0 unspecified atom stereocenters. The van der Waals surface area contributed by atoms with Gasteiger partial charge in [0.25, 0.3) is 0 Å². The largest absolute Gasteiger partial charge is 0.389 e. The molecule has 1 aromatic rings. The summed E-state index contributed by atoms with van der Waals surface area (Å²) in [4.78, 5) is 11.9. The van der Waals surface area contributed by atoms with Crippen LogP contribution in [0.25, 0.3) is 0 Å². The second-order valence-corrected chi connectivity index (χ2v) is 6.01. The van der Waals surface area contributed by atoms with E-state index in [-0.39, 0.29) is 12.3 Å². The predicted octanol–water partition coefficient (Wildman–Crippen LogP) is 3.18. The predicted molar refractivity (Wildman–Crippen MR) is 80.6 cm³/mol. The van der Waals surface area contributed by atoms with E-state index in [1.54, 1.807) is 6.07 Å². The molecule has 0 heterocycles. The zero-order chi connectivity index (χ0) is 14.6. The SMILES string of the molecule is Cc1ccc(NNC(=O)CC2(O)CCCCC2)cc1Cl. The second-order valence-electron chi connectivity index (χ2n) is 5.60. The molecule has 1 fully saturated rings. The first-order valence-electron chi connectivity index (χ1n) is 7.02. The van der Waals surface area contributed by atoms with Gasteiger partial charge in [-0.25, -0.2) is 0 Å². The molecule has 0 atom stereocenters. The molecule has 1 aliphatic rings. The maximum absolute atomic E-state index is 11.9. The molecule has 20 heavy (non-hydrogen) atoms. The van der Waals surface area contributed by atoms with Crippen LogP contribution < -0.4 is 10.9 Å². The fraction of sp³-hybridized carbons (Fsp3) is 0.533. The van der Waals surface area contributed by atoms with Gasteiger partial charge in [-0.15, -0.1) is 0 Å². The first-order chi connectivity index (χ1) is 9.48. The fourth-order valence-electron chi connectivity index (χ4n) is 2.54. The third-order valence-electron chi connectivity index (χ3n) is 3.79. The number of carbonyl (C=O) groups is 1. The van der Waals surface area contributed by atoms with Gasteiger partial charge in [0.2, 0.25) is 5.91 Å². The number of hydrogen-bond acceptors (Lipinski definition) is 3. The number of aryl methyl sites for hydroxylation is 1. The lowest BCUT2D eigenvalue weighted by Gasteiger charge is -2.31. The molecular weight excluding hydrogens is 276 g/mol. The van der Waals surface area contributed by atoms with Crippen molar-refractivity contribution < 1.29 is 9.90 Å². The van der Waals surface area contributed by atoms with Gasteiger partial charge in [-0.05, 0) is 37.5 Å². The molecule has 0 aromatic heterocycles. The van der Waals surface area contributed by atoms with E-state index in [1.807, 2.05) is 19.1 Å². The van der Waals surface area contributed by atoms with E-state index in [9.17, 15) is 9.90 Å². The van der Waals surface area contributed by atoms with Gasteiger partial charge in [0.05, 0.1) is 17.7 Å². The Labute approximate surface area is 124 Å². The van der Waals surface area contributed by atoms with E-state index in [2.05, 4.69) is 10.9 Å². The number of hydrazine groups is 1. The molecule has 1 aromatic carbocycles. The number of aliphatic hydroxyl groups is 1. The number of anilines is 1. The zero-order valence-corrected chi connectivity index (χ0v) is 12.5. The summed E-state index contributed by atoms with van der Waals surface area (Å²) in [5.74, 6) is -0.203. The average Bonchev–Trinajstić information content (AvgIpc) is 2.40. The molecule has 2 rings (SSSR count). The van der Waals surface area contributed by atoms with Gasteiger partial charge in [0.15, 0.2) is 0 Å². The second kappa shape index (κ2) is 6.46. The number of halogens is 1. The van der Waals surface area contributed by atoms with Gasteiger partial charge in [-0.3, -0.25) is 15.6 Å². The summed E-state index contributed by atoms with van der Waals surface area (Å²) in [6, 6.07) is 5.48. The van der Waals surface area contributed by atoms with Crippen molar-refractivity contribution in [3.8, 4) is 0 Å². The molecule has 4 nitrogen and oxygen atoms in total. The van der Waals surface area contributed by atoms with Crippen LogP contribution in [-0.4, -0.2) is 16.6 Å². The lowest BCUT2D eigenvalue weighted by atomic mass is 9.82. The summed E-state index contributed by atoms with van der Waals surface area (Å²) < 4.78 is 0.